The molecule has 2 aliphatic heterocycles. The number of ether oxygens (including phenoxy) is 1. The van der Waals surface area contributed by atoms with Crippen LogP contribution in [0.25, 0.3) is 0 Å². The quantitative estimate of drug-likeness (QED) is 0.531. The molecule has 1 atom stereocenters. The molecule has 5 nitrogen and oxygen atoms in total. The predicted octanol–water partition coefficient (Wildman–Crippen LogP) is 5.00. The van der Waals surface area contributed by atoms with Crippen LogP contribution in [0.4, 0.5) is 13.2 Å². The number of alkyl halides is 3. The lowest BCUT2D eigenvalue weighted by molar-refractivity contribution is -0.750. The van der Waals surface area contributed by atoms with Crippen LogP contribution in [0.2, 0.25) is 0 Å². The fourth-order valence-corrected chi connectivity index (χ4v) is 3.67. The summed E-state index contributed by atoms with van der Waals surface area (Å²) in [5, 5.41) is 0. The largest absolute Gasteiger partial charge is 0.489 e. The van der Waals surface area contributed by atoms with Crippen LogP contribution in [-0.2, 0) is 12.8 Å². The van der Waals surface area contributed by atoms with Crippen molar-refractivity contribution in [3.63, 3.8) is 0 Å². The van der Waals surface area contributed by atoms with E-state index in [2.05, 4.69) is 4.99 Å². The van der Waals surface area contributed by atoms with Crippen molar-refractivity contribution in [1.82, 2.24) is 0 Å². The van der Waals surface area contributed by atoms with Gasteiger partial charge in [0.1, 0.15) is 24.3 Å². The maximum absolute atomic E-state index is 13.0. The maximum Gasteiger partial charge on any atom is 0.416 e. The van der Waals surface area contributed by atoms with Gasteiger partial charge >= 0.3 is 6.18 Å². The molecule has 0 spiro atoms. The summed E-state index contributed by atoms with van der Waals surface area (Å²) in [7, 11) is 0. The number of allylic oxidation sites excluding steroid dienone is 4. The van der Waals surface area contributed by atoms with Crippen LogP contribution in [0.5, 0.6) is 5.75 Å². The van der Waals surface area contributed by atoms with E-state index in [0.29, 0.717) is 17.1 Å². The molecule has 32 heavy (non-hydrogen) atoms. The summed E-state index contributed by atoms with van der Waals surface area (Å²) in [5.41, 5.74) is 2.95. The van der Waals surface area contributed by atoms with Gasteiger partial charge in [-0.25, -0.2) is 0 Å². The Bertz CT molecular complexity index is 1280. The molecule has 1 unspecified atom stereocenters. The Morgan fingerprint density at radius 1 is 1.06 bits per heavy atom. The number of amidine groups is 1. The number of quaternary nitrogens is 1. The lowest BCUT2D eigenvalue weighted by Gasteiger charge is -2.26. The first kappa shape index (κ1) is 20.2. The second-order valence-corrected chi connectivity index (χ2v) is 7.52. The number of nitrogens with two attached hydrogens (primary N) is 1. The lowest BCUT2D eigenvalue weighted by atomic mass is 10.0. The molecule has 0 saturated carbocycles. The number of benzene rings is 2. The Kier molecular flexibility index (Phi) is 4.69. The molecule has 160 valence electrons. The number of hydrogen-bond donors (Lipinski definition) is 1. The molecule has 2 aromatic carbocycles. The van der Waals surface area contributed by atoms with Gasteiger partial charge in [0.25, 0.3) is 5.84 Å². The Morgan fingerprint density at radius 3 is 2.62 bits per heavy atom. The van der Waals surface area contributed by atoms with Crippen molar-refractivity contribution in [2.45, 2.75) is 12.8 Å². The first-order chi connectivity index (χ1) is 15.3. The highest BCUT2D eigenvalue weighted by Gasteiger charge is 2.44. The molecule has 0 bridgehead atoms. The average molecular weight is 435 g/mol. The number of hydrogen-bond acceptors (Lipinski definition) is 4. The highest BCUT2D eigenvalue weighted by Crippen LogP contribution is 2.36. The Hall–Kier alpha value is -3.75. The fourth-order valence-electron chi connectivity index (χ4n) is 3.67. The van der Waals surface area contributed by atoms with Gasteiger partial charge in [0.2, 0.25) is 5.70 Å². The molecule has 0 radical (unpaired) electrons. The molecule has 0 aromatic heterocycles. The number of fused-ring (bicyclic) bond motifs is 1. The molecule has 2 N–H and O–H groups in total. The van der Waals surface area contributed by atoms with Crippen LogP contribution in [0, 0.1) is 0 Å². The van der Waals surface area contributed by atoms with Gasteiger partial charge in [0.05, 0.1) is 23.5 Å². The summed E-state index contributed by atoms with van der Waals surface area (Å²) in [6.07, 6.45) is 6.53. The number of halogens is 3. The van der Waals surface area contributed by atoms with Gasteiger partial charge in [0, 0.05) is 5.57 Å². The molecule has 8 heteroatoms. The summed E-state index contributed by atoms with van der Waals surface area (Å²) >= 11 is 0. The van der Waals surface area contributed by atoms with Crippen molar-refractivity contribution in [2.24, 2.45) is 15.8 Å². The van der Waals surface area contributed by atoms with E-state index in [1.807, 2.05) is 24.3 Å². The van der Waals surface area contributed by atoms with E-state index in [9.17, 15) is 13.2 Å². The minimum absolute atomic E-state index is 0.00145. The van der Waals surface area contributed by atoms with Crippen LogP contribution in [0.1, 0.15) is 16.7 Å². The standard InChI is InChI=1S/C24H18F3N4O/c25-24(26,27)19-8-1-4-16(12-19)15-32-20-9-3-7-18(13-20)23-30-22(17-5-2-6-17)21-14-29-10-11-31(21,23)28/h1-14H,15,28H2/q+1. The third-order valence-corrected chi connectivity index (χ3v) is 5.37. The second kappa shape index (κ2) is 7.44. The zero-order chi connectivity index (χ0) is 22.3. The van der Waals surface area contributed by atoms with Gasteiger partial charge < -0.3 is 4.74 Å². The SMILES string of the molecule is N[N+]12C=CN=CC1=C(C1=CC=C1)N=C2c1cccc(OCc2cccc(C(F)(F)F)c2)c1. The molecule has 3 aliphatic rings. The Balaban J connectivity index is 1.40. The summed E-state index contributed by atoms with van der Waals surface area (Å²) < 4.78 is 44.5. The summed E-state index contributed by atoms with van der Waals surface area (Å²) in [5.74, 6) is 7.79. The van der Waals surface area contributed by atoms with Gasteiger partial charge in [-0.15, -0.1) is 4.59 Å². The molecule has 0 saturated heterocycles. The van der Waals surface area contributed by atoms with Gasteiger partial charge in [-0.1, -0.05) is 36.4 Å². The highest BCUT2D eigenvalue weighted by molar-refractivity contribution is 6.01. The monoisotopic (exact) mass is 435 g/mol. The van der Waals surface area contributed by atoms with E-state index in [1.165, 1.54) is 6.07 Å². The fraction of sp³-hybridized carbons (Fsp3) is 0.0833. The van der Waals surface area contributed by atoms with Crippen molar-refractivity contribution in [3.8, 4) is 5.75 Å². The summed E-state index contributed by atoms with van der Waals surface area (Å²) in [6.45, 7) is 0.00145. The van der Waals surface area contributed by atoms with Crippen molar-refractivity contribution >= 4 is 12.1 Å². The van der Waals surface area contributed by atoms with Crippen molar-refractivity contribution in [2.75, 3.05) is 0 Å². The van der Waals surface area contributed by atoms with Crippen LogP contribution in [0.3, 0.4) is 0 Å². The van der Waals surface area contributed by atoms with Crippen LogP contribution < -0.4 is 10.6 Å². The van der Waals surface area contributed by atoms with Gasteiger partial charge in [-0.3, -0.25) is 4.99 Å². The minimum Gasteiger partial charge on any atom is -0.489 e. The van der Waals surface area contributed by atoms with Crippen LogP contribution >= 0.6 is 0 Å². The van der Waals surface area contributed by atoms with Crippen molar-refractivity contribution < 1.29 is 22.5 Å². The Labute approximate surface area is 182 Å². The normalized spacial score (nSPS) is 21.2. The van der Waals surface area contributed by atoms with E-state index in [-0.39, 0.29) is 11.2 Å². The van der Waals surface area contributed by atoms with Crippen LogP contribution in [-0.4, -0.2) is 16.6 Å². The molecular formula is C24H18F3N4O+. The van der Waals surface area contributed by atoms with E-state index in [1.54, 1.807) is 42.9 Å². The maximum atomic E-state index is 13.0. The lowest BCUT2D eigenvalue weighted by Crippen LogP contribution is -2.53. The van der Waals surface area contributed by atoms with Gasteiger partial charge in [-0.2, -0.15) is 24.0 Å². The zero-order valence-electron chi connectivity index (χ0n) is 16.8. The third kappa shape index (κ3) is 3.49. The number of rotatable bonds is 5. The molecule has 5 rings (SSSR count). The minimum atomic E-state index is -4.39. The third-order valence-electron chi connectivity index (χ3n) is 5.37. The van der Waals surface area contributed by atoms with Crippen molar-refractivity contribution in [1.29, 1.82) is 0 Å². The average Bonchev–Trinajstić information content (AvgIpc) is 3.04. The van der Waals surface area contributed by atoms with E-state index in [0.717, 1.165) is 34.7 Å². The summed E-state index contributed by atoms with van der Waals surface area (Å²) in [6, 6.07) is 12.3. The molecule has 0 amide bonds. The van der Waals surface area contributed by atoms with E-state index in [4.69, 9.17) is 15.6 Å². The molecular weight excluding hydrogens is 417 g/mol. The smallest absolute Gasteiger partial charge is 0.416 e. The molecule has 2 heterocycles. The first-order valence-corrected chi connectivity index (χ1v) is 9.85. The second-order valence-electron chi connectivity index (χ2n) is 7.52. The number of aliphatic imine (C=N–C) groups is 2. The molecule has 2 aromatic rings. The van der Waals surface area contributed by atoms with E-state index >= 15 is 0 Å². The topological polar surface area (TPSA) is 60.0 Å². The van der Waals surface area contributed by atoms with Gasteiger partial charge in [-0.05, 0) is 35.9 Å². The van der Waals surface area contributed by atoms with Crippen LogP contribution in [0.15, 0.2) is 106 Å². The molecule has 0 fully saturated rings. The first-order valence-electron chi connectivity index (χ1n) is 9.85. The highest BCUT2D eigenvalue weighted by atomic mass is 19.4. The van der Waals surface area contributed by atoms with Gasteiger partial charge in [0.15, 0.2) is 0 Å². The van der Waals surface area contributed by atoms with E-state index < -0.39 is 11.7 Å². The zero-order valence-corrected chi connectivity index (χ0v) is 16.8. The predicted molar refractivity (Wildman–Crippen MR) is 115 cm³/mol. The summed E-state index contributed by atoms with van der Waals surface area (Å²) in [4.78, 5) is 9.00. The number of nitrogens with zero attached hydrogens (tertiary/aromatic N) is 3. The van der Waals surface area contributed by atoms with Crippen molar-refractivity contribution in [3.05, 3.63) is 113 Å². The Morgan fingerprint density at radius 2 is 1.88 bits per heavy atom. The molecule has 1 aliphatic carbocycles.